The number of hydrogen-bond acceptors (Lipinski definition) is 0. The van der Waals surface area contributed by atoms with E-state index in [1.807, 2.05) is 12.1 Å². The van der Waals surface area contributed by atoms with Crippen molar-refractivity contribution in [3.8, 4) is 0 Å². The van der Waals surface area contributed by atoms with Gasteiger partial charge in [-0.3, -0.25) is 0 Å². The second-order valence-electron chi connectivity index (χ2n) is 1.54. The van der Waals surface area contributed by atoms with Gasteiger partial charge in [0.05, 0.1) is 0 Å². The third-order valence-electron chi connectivity index (χ3n) is 1.01. The van der Waals surface area contributed by atoms with E-state index in [-0.39, 0.29) is 0 Å². The first kappa shape index (κ1) is 5.78. The Morgan fingerprint density at radius 1 is 1.38 bits per heavy atom. The molecule has 0 aromatic heterocycles. The van der Waals surface area contributed by atoms with E-state index in [9.17, 15) is 0 Å². The highest BCUT2D eigenvalue weighted by Gasteiger charge is 1.80. The molecule has 0 fully saturated rings. The minimum Gasteiger partial charge on any atom is -0.0936 e. The molecule has 41 valence electrons. The quantitative estimate of drug-likeness (QED) is 0.495. The zero-order valence-electron chi connectivity index (χ0n) is 4.81. The molecule has 0 heterocycles. The SMILES string of the molecule is CPc1cc[c]cc1. The minimum absolute atomic E-state index is 0.910. The molecule has 0 nitrogen and oxygen atoms in total. The summed E-state index contributed by atoms with van der Waals surface area (Å²) >= 11 is 0. The Labute approximate surface area is 51.7 Å². The lowest BCUT2D eigenvalue weighted by atomic mass is 10.4. The zero-order valence-corrected chi connectivity index (χ0v) is 5.81. The van der Waals surface area contributed by atoms with Gasteiger partial charge in [0.1, 0.15) is 0 Å². The summed E-state index contributed by atoms with van der Waals surface area (Å²) in [5.41, 5.74) is 0. The van der Waals surface area contributed by atoms with Crippen LogP contribution in [0.1, 0.15) is 0 Å². The molecule has 0 aliphatic rings. The molecular weight excluding hydrogens is 115 g/mol. The first-order chi connectivity index (χ1) is 3.93. The number of hydrogen-bond donors (Lipinski definition) is 0. The first-order valence-electron chi connectivity index (χ1n) is 2.57. The lowest BCUT2D eigenvalue weighted by Crippen LogP contribution is -1.88. The lowest BCUT2D eigenvalue weighted by Gasteiger charge is -1.89. The summed E-state index contributed by atoms with van der Waals surface area (Å²) in [6.07, 6.45) is 0. The molecule has 1 radical (unpaired) electrons. The molecule has 8 heavy (non-hydrogen) atoms. The molecule has 1 heteroatoms. The van der Waals surface area contributed by atoms with Crippen LogP contribution in [0.15, 0.2) is 24.3 Å². The third kappa shape index (κ3) is 1.31. The van der Waals surface area contributed by atoms with E-state index in [1.165, 1.54) is 5.30 Å². The molecule has 0 spiro atoms. The minimum atomic E-state index is 0.910. The van der Waals surface area contributed by atoms with Gasteiger partial charge >= 0.3 is 0 Å². The van der Waals surface area contributed by atoms with Crippen LogP contribution in [0.25, 0.3) is 0 Å². The largest absolute Gasteiger partial charge is 0.0936 e. The van der Waals surface area contributed by atoms with Crippen molar-refractivity contribution >= 4 is 13.9 Å². The highest BCUT2D eigenvalue weighted by Crippen LogP contribution is 2.00. The maximum absolute atomic E-state index is 2.97. The molecule has 1 atom stereocenters. The summed E-state index contributed by atoms with van der Waals surface area (Å²) < 4.78 is 0. The number of benzene rings is 1. The van der Waals surface area contributed by atoms with Crippen LogP contribution in [0.3, 0.4) is 0 Å². The Balaban J connectivity index is 2.83. The Bertz CT molecular complexity index is 146. The van der Waals surface area contributed by atoms with Crippen molar-refractivity contribution in [2.24, 2.45) is 0 Å². The molecule has 1 aromatic rings. The van der Waals surface area contributed by atoms with E-state index >= 15 is 0 Å². The summed E-state index contributed by atoms with van der Waals surface area (Å²) in [6, 6.07) is 11.1. The van der Waals surface area contributed by atoms with Crippen molar-refractivity contribution in [3.05, 3.63) is 30.3 Å². The van der Waals surface area contributed by atoms with E-state index in [0.717, 1.165) is 8.58 Å². The lowest BCUT2D eigenvalue weighted by molar-refractivity contribution is 1.75. The van der Waals surface area contributed by atoms with Crippen molar-refractivity contribution in [1.29, 1.82) is 0 Å². The van der Waals surface area contributed by atoms with Gasteiger partial charge in [-0.25, -0.2) is 0 Å². The van der Waals surface area contributed by atoms with Crippen molar-refractivity contribution < 1.29 is 0 Å². The molecule has 0 aliphatic carbocycles. The number of rotatable bonds is 1. The topological polar surface area (TPSA) is 0 Å². The molecule has 1 unspecified atom stereocenters. The summed E-state index contributed by atoms with van der Waals surface area (Å²) in [7, 11) is 0.910. The fraction of sp³-hybridized carbons (Fsp3) is 0.143. The standard InChI is InChI=1S/C7H8P/c1-8-7-5-3-2-4-6-7/h3-6,8H,1H3. The maximum atomic E-state index is 2.97. The fourth-order valence-corrected chi connectivity index (χ4v) is 1.05. The molecular formula is C7H8P. The van der Waals surface area contributed by atoms with E-state index in [4.69, 9.17) is 0 Å². The average Bonchev–Trinajstić information content (AvgIpc) is 1.90. The van der Waals surface area contributed by atoms with Gasteiger partial charge in [-0.05, 0) is 18.0 Å². The van der Waals surface area contributed by atoms with E-state index in [2.05, 4.69) is 24.9 Å². The molecule has 0 saturated heterocycles. The van der Waals surface area contributed by atoms with Crippen molar-refractivity contribution in [2.45, 2.75) is 0 Å². The van der Waals surface area contributed by atoms with Crippen LogP contribution in [0, 0.1) is 6.07 Å². The van der Waals surface area contributed by atoms with Gasteiger partial charge in [0.15, 0.2) is 0 Å². The predicted molar refractivity (Wildman–Crippen MR) is 39.2 cm³/mol. The molecule has 0 saturated carbocycles. The zero-order chi connectivity index (χ0) is 5.82. The van der Waals surface area contributed by atoms with Crippen molar-refractivity contribution in [3.63, 3.8) is 0 Å². The van der Waals surface area contributed by atoms with Gasteiger partial charge in [0.25, 0.3) is 0 Å². The van der Waals surface area contributed by atoms with E-state index in [0.29, 0.717) is 0 Å². The van der Waals surface area contributed by atoms with Crippen LogP contribution in [0.2, 0.25) is 0 Å². The Morgan fingerprint density at radius 2 is 2.00 bits per heavy atom. The smallest absolute Gasteiger partial charge is 0.0184 e. The van der Waals surface area contributed by atoms with Gasteiger partial charge in [0.2, 0.25) is 0 Å². The van der Waals surface area contributed by atoms with Gasteiger partial charge in [-0.2, -0.15) is 0 Å². The maximum Gasteiger partial charge on any atom is -0.0184 e. The summed E-state index contributed by atoms with van der Waals surface area (Å²) in [5, 5.41) is 1.41. The summed E-state index contributed by atoms with van der Waals surface area (Å²) in [6.45, 7) is 2.18. The second kappa shape index (κ2) is 2.84. The van der Waals surface area contributed by atoms with Crippen molar-refractivity contribution in [1.82, 2.24) is 0 Å². The highest BCUT2D eigenvalue weighted by molar-refractivity contribution is 7.46. The molecule has 0 aliphatic heterocycles. The van der Waals surface area contributed by atoms with E-state index in [1.54, 1.807) is 0 Å². The van der Waals surface area contributed by atoms with E-state index < -0.39 is 0 Å². The molecule has 0 amide bonds. The Morgan fingerprint density at radius 3 is 2.38 bits per heavy atom. The van der Waals surface area contributed by atoms with Crippen LogP contribution in [-0.2, 0) is 0 Å². The third-order valence-corrected chi connectivity index (χ3v) is 1.92. The predicted octanol–water partition coefficient (Wildman–Crippen LogP) is 1.42. The normalized spacial score (nSPS) is 10.6. The van der Waals surface area contributed by atoms with Crippen LogP contribution < -0.4 is 5.30 Å². The van der Waals surface area contributed by atoms with Gasteiger partial charge in [-0.15, -0.1) is 0 Å². The molecule has 1 rings (SSSR count). The summed E-state index contributed by atoms with van der Waals surface area (Å²) in [5.74, 6) is 0. The van der Waals surface area contributed by atoms with Gasteiger partial charge in [-0.1, -0.05) is 32.8 Å². The van der Waals surface area contributed by atoms with Crippen LogP contribution in [0.4, 0.5) is 0 Å². The van der Waals surface area contributed by atoms with Gasteiger partial charge < -0.3 is 0 Å². The monoisotopic (exact) mass is 123 g/mol. The molecule has 0 N–H and O–H groups in total. The average molecular weight is 123 g/mol. The van der Waals surface area contributed by atoms with Crippen LogP contribution >= 0.6 is 8.58 Å². The summed E-state index contributed by atoms with van der Waals surface area (Å²) in [4.78, 5) is 0. The van der Waals surface area contributed by atoms with Gasteiger partial charge in [0, 0.05) is 0 Å². The molecule has 0 bridgehead atoms. The van der Waals surface area contributed by atoms with Crippen molar-refractivity contribution in [2.75, 3.05) is 6.66 Å². The Kier molecular flexibility index (Phi) is 2.05. The highest BCUT2D eigenvalue weighted by atomic mass is 31.1. The van der Waals surface area contributed by atoms with Crippen LogP contribution in [0.5, 0.6) is 0 Å². The second-order valence-corrected chi connectivity index (χ2v) is 2.62. The van der Waals surface area contributed by atoms with Crippen LogP contribution in [-0.4, -0.2) is 6.66 Å². The fourth-order valence-electron chi connectivity index (χ4n) is 0.554. The molecule has 1 aromatic carbocycles. The Hall–Kier alpha value is -0.350. The first-order valence-corrected chi connectivity index (χ1v) is 4.07.